The molecule has 0 aromatic rings. The van der Waals surface area contributed by atoms with Crippen molar-refractivity contribution in [2.24, 2.45) is 35.5 Å². The van der Waals surface area contributed by atoms with Gasteiger partial charge in [-0.2, -0.15) is 0 Å². The number of rotatable bonds is 6. The monoisotopic (exact) mass is 577 g/mol. The molecule has 0 aromatic carbocycles. The molecule has 42 heavy (non-hydrogen) atoms. The molecule has 0 radical (unpaired) electrons. The van der Waals surface area contributed by atoms with Gasteiger partial charge in [-0.05, 0) is 138 Å². The lowest BCUT2D eigenvalue weighted by atomic mass is 9.46. The largest absolute Gasteiger partial charge is 0.294 e. The van der Waals surface area contributed by atoms with Crippen LogP contribution in [0.2, 0.25) is 0 Å². The van der Waals surface area contributed by atoms with E-state index in [-0.39, 0.29) is 0 Å². The first-order valence-corrected chi connectivity index (χ1v) is 20.4. The van der Waals surface area contributed by atoms with Gasteiger partial charge in [-0.3, -0.25) is 9.80 Å². The minimum Gasteiger partial charge on any atom is -0.294 e. The van der Waals surface area contributed by atoms with Crippen LogP contribution < -0.4 is 0 Å². The van der Waals surface area contributed by atoms with E-state index in [0.29, 0.717) is 0 Å². The summed E-state index contributed by atoms with van der Waals surface area (Å²) in [6.45, 7) is 0. The van der Waals surface area contributed by atoms with Gasteiger partial charge in [-0.15, -0.1) is 0 Å². The summed E-state index contributed by atoms with van der Waals surface area (Å²) in [6, 6.07) is 5.65. The maximum atomic E-state index is 3.35. The molecule has 0 saturated heterocycles. The molecule has 0 bridgehead atoms. The number of nitrogens with zero attached hydrogens (tertiary/aromatic N) is 2. The predicted octanol–water partition coefficient (Wildman–Crippen LogP) is 10.5. The molecule has 8 rings (SSSR count). The SMILES string of the molecule is C1CCC(N(C2CCCCC2)C2CCC3CCC4CCC(N(C5CCCCC5)C5CCCCC5)C5CCC2C3C45)CC1. The van der Waals surface area contributed by atoms with Crippen molar-refractivity contribution in [3.63, 3.8) is 0 Å². The van der Waals surface area contributed by atoms with E-state index in [1.807, 2.05) is 0 Å². The highest BCUT2D eigenvalue weighted by molar-refractivity contribution is 5.09. The van der Waals surface area contributed by atoms with E-state index in [2.05, 4.69) is 9.80 Å². The first kappa shape index (κ1) is 29.3. The average molecular weight is 577 g/mol. The molecule has 2 nitrogen and oxygen atoms in total. The lowest BCUT2D eigenvalue weighted by Gasteiger charge is -2.64. The Morgan fingerprint density at radius 3 is 0.857 bits per heavy atom. The zero-order chi connectivity index (χ0) is 27.9. The minimum atomic E-state index is 0.938. The van der Waals surface area contributed by atoms with Gasteiger partial charge in [0, 0.05) is 36.3 Å². The molecule has 0 N–H and O–H groups in total. The van der Waals surface area contributed by atoms with Gasteiger partial charge in [0.05, 0.1) is 0 Å². The van der Waals surface area contributed by atoms with Crippen molar-refractivity contribution in [3.05, 3.63) is 0 Å². The van der Waals surface area contributed by atoms with E-state index in [0.717, 1.165) is 71.8 Å². The third-order valence-corrected chi connectivity index (χ3v) is 15.7. The second-order valence-corrected chi connectivity index (χ2v) is 17.5. The Bertz CT molecular complexity index is 740. The Morgan fingerprint density at radius 1 is 0.262 bits per heavy atom. The van der Waals surface area contributed by atoms with Crippen LogP contribution in [-0.2, 0) is 0 Å². The second-order valence-electron chi connectivity index (χ2n) is 17.5. The van der Waals surface area contributed by atoms with Crippen molar-refractivity contribution < 1.29 is 0 Å². The maximum absolute atomic E-state index is 3.35. The van der Waals surface area contributed by atoms with E-state index in [1.165, 1.54) is 128 Å². The van der Waals surface area contributed by atoms with E-state index < -0.39 is 0 Å². The van der Waals surface area contributed by atoms with Gasteiger partial charge in [0.1, 0.15) is 0 Å². The van der Waals surface area contributed by atoms with Gasteiger partial charge < -0.3 is 0 Å². The molecule has 0 spiro atoms. The van der Waals surface area contributed by atoms with Crippen molar-refractivity contribution in [3.8, 4) is 0 Å². The van der Waals surface area contributed by atoms with Gasteiger partial charge >= 0.3 is 0 Å². The predicted molar refractivity (Wildman–Crippen MR) is 177 cm³/mol. The van der Waals surface area contributed by atoms with Crippen molar-refractivity contribution >= 4 is 0 Å². The van der Waals surface area contributed by atoms with Crippen LogP contribution in [0.1, 0.15) is 180 Å². The number of hydrogen-bond donors (Lipinski definition) is 0. The molecule has 0 heterocycles. The smallest absolute Gasteiger partial charge is 0.0132 e. The summed E-state index contributed by atoms with van der Waals surface area (Å²) in [5, 5.41) is 0. The third-order valence-electron chi connectivity index (χ3n) is 15.7. The van der Waals surface area contributed by atoms with E-state index >= 15 is 0 Å². The standard InChI is InChI=1S/C40H68N2/c1-5-13-31(14-6-1)41(32-15-7-2-8-16-32)37-27-23-29-21-22-30-24-28-38(36-26-25-35(37)39(29)40(30)36)42(33-17-9-3-10-18-33)34-19-11-4-12-20-34/h29-40H,1-28H2. The summed E-state index contributed by atoms with van der Waals surface area (Å²) in [6.07, 6.45) is 43.2. The van der Waals surface area contributed by atoms with Crippen molar-refractivity contribution in [1.29, 1.82) is 0 Å². The molecule has 2 heteroatoms. The van der Waals surface area contributed by atoms with Crippen LogP contribution in [0.4, 0.5) is 0 Å². The molecule has 0 amide bonds. The minimum absolute atomic E-state index is 0.938. The fourth-order valence-corrected chi connectivity index (χ4v) is 14.2. The first-order valence-electron chi connectivity index (χ1n) is 20.4. The molecule has 8 aliphatic carbocycles. The zero-order valence-corrected chi connectivity index (χ0v) is 27.6. The molecule has 8 saturated carbocycles. The normalized spacial score (nSPS) is 43.0. The van der Waals surface area contributed by atoms with Crippen LogP contribution in [-0.4, -0.2) is 46.1 Å². The van der Waals surface area contributed by atoms with E-state index in [1.54, 1.807) is 51.4 Å². The van der Waals surface area contributed by atoms with Gasteiger partial charge in [-0.1, -0.05) is 77.0 Å². The Labute approximate surface area is 260 Å². The van der Waals surface area contributed by atoms with Crippen LogP contribution in [0.5, 0.6) is 0 Å². The lowest BCUT2D eigenvalue weighted by molar-refractivity contribution is -0.149. The fourth-order valence-electron chi connectivity index (χ4n) is 14.2. The molecule has 8 aliphatic rings. The van der Waals surface area contributed by atoms with Gasteiger partial charge in [0.2, 0.25) is 0 Å². The molecule has 8 atom stereocenters. The van der Waals surface area contributed by atoms with Gasteiger partial charge in [0.25, 0.3) is 0 Å². The summed E-state index contributed by atoms with van der Waals surface area (Å²) >= 11 is 0. The summed E-state index contributed by atoms with van der Waals surface area (Å²) in [4.78, 5) is 6.69. The quantitative estimate of drug-likeness (QED) is 0.310. The highest BCUT2D eigenvalue weighted by Gasteiger charge is 2.58. The molecule has 238 valence electrons. The molecule has 8 fully saturated rings. The summed E-state index contributed by atoms with van der Waals surface area (Å²) < 4.78 is 0. The van der Waals surface area contributed by atoms with Crippen LogP contribution in [0.15, 0.2) is 0 Å². The summed E-state index contributed by atoms with van der Waals surface area (Å²) in [7, 11) is 0. The summed E-state index contributed by atoms with van der Waals surface area (Å²) in [5.41, 5.74) is 0. The molecule has 0 aliphatic heterocycles. The van der Waals surface area contributed by atoms with E-state index in [9.17, 15) is 0 Å². The second kappa shape index (κ2) is 13.3. The van der Waals surface area contributed by atoms with Gasteiger partial charge in [0.15, 0.2) is 0 Å². The maximum Gasteiger partial charge on any atom is 0.0132 e. The topological polar surface area (TPSA) is 6.48 Å². The van der Waals surface area contributed by atoms with Crippen molar-refractivity contribution in [2.45, 2.75) is 216 Å². The molecule has 0 aromatic heterocycles. The Morgan fingerprint density at radius 2 is 0.548 bits per heavy atom. The van der Waals surface area contributed by atoms with Crippen LogP contribution >= 0.6 is 0 Å². The van der Waals surface area contributed by atoms with Crippen molar-refractivity contribution in [1.82, 2.24) is 9.80 Å². The highest BCUT2D eigenvalue weighted by Crippen LogP contribution is 2.62. The van der Waals surface area contributed by atoms with Crippen LogP contribution in [0.3, 0.4) is 0 Å². The third kappa shape index (κ3) is 5.60. The van der Waals surface area contributed by atoms with E-state index in [4.69, 9.17) is 0 Å². The molecular formula is C40H68N2. The average Bonchev–Trinajstić information content (AvgIpc) is 3.07. The Kier molecular flexibility index (Phi) is 9.32. The van der Waals surface area contributed by atoms with Crippen LogP contribution in [0.25, 0.3) is 0 Å². The lowest BCUT2D eigenvalue weighted by Crippen LogP contribution is -2.64. The zero-order valence-electron chi connectivity index (χ0n) is 27.6. The number of hydrogen-bond acceptors (Lipinski definition) is 2. The Hall–Kier alpha value is -0.0800. The van der Waals surface area contributed by atoms with Crippen LogP contribution in [0, 0.1) is 35.5 Å². The Balaban J connectivity index is 1.08. The summed E-state index contributed by atoms with van der Waals surface area (Å²) in [5.74, 6) is 6.47. The fraction of sp³-hybridized carbons (Fsp3) is 1.00. The first-order chi connectivity index (χ1) is 20.9. The highest BCUT2D eigenvalue weighted by atomic mass is 15.2. The van der Waals surface area contributed by atoms with Gasteiger partial charge in [-0.25, -0.2) is 0 Å². The van der Waals surface area contributed by atoms with Crippen molar-refractivity contribution in [2.75, 3.05) is 0 Å². The molecular weight excluding hydrogens is 508 g/mol. The molecule has 8 unspecified atom stereocenters.